The molecular weight excluding hydrogens is 486 g/mol. The standard InChI is InChI=1S/C34H55NO4/c1-22-19-29(3,4)14-16-34(22,28(38)39-11)17-15-30(5,6)33(10)13-12-25-31(7,8)27(37)24(21-35)20-32(25,9)26(33)18-23(2)36/h20,22-23,25-26,36H,12-19H2,1-11H3/t22?,23-,25-,26+,32-,33+,34-/m0/s1. The molecule has 0 aliphatic heterocycles. The number of carbonyl (C=O) groups excluding carboxylic acids is 2. The highest BCUT2D eigenvalue weighted by Gasteiger charge is 2.63. The van der Waals surface area contributed by atoms with Crippen molar-refractivity contribution in [3.05, 3.63) is 11.6 Å². The molecule has 0 spiro atoms. The predicted molar refractivity (Wildman–Crippen MR) is 155 cm³/mol. The lowest BCUT2D eigenvalue weighted by Crippen LogP contribution is -2.60. The van der Waals surface area contributed by atoms with Gasteiger partial charge >= 0.3 is 5.97 Å². The molecule has 220 valence electrons. The Hall–Kier alpha value is -1.67. The molecule has 5 heteroatoms. The number of nitrogens with zero attached hydrogens (tertiary/aromatic N) is 1. The first-order chi connectivity index (χ1) is 17.7. The summed E-state index contributed by atoms with van der Waals surface area (Å²) in [6, 6.07) is 2.21. The number of fused-ring (bicyclic) bond motifs is 1. The zero-order valence-corrected chi connectivity index (χ0v) is 26.7. The highest BCUT2D eigenvalue weighted by molar-refractivity contribution is 6.04. The molecule has 3 rings (SSSR count). The smallest absolute Gasteiger partial charge is 0.312 e. The highest BCUT2D eigenvalue weighted by Crippen LogP contribution is 2.68. The fourth-order valence-electron chi connectivity index (χ4n) is 9.56. The maximum Gasteiger partial charge on any atom is 0.312 e. The highest BCUT2D eigenvalue weighted by atomic mass is 16.5. The SMILES string of the molecule is COC(=O)[C@]1(CCC(C)(C)[C@]2(C)CC[C@H]3C(C)(C)C(=O)C(C#N)=C[C@]3(C)[C@H]2C[C@H](C)O)CCC(C)(C)CC1C. The fourth-order valence-corrected chi connectivity index (χ4v) is 9.56. The van der Waals surface area contributed by atoms with E-state index in [0.29, 0.717) is 6.42 Å². The van der Waals surface area contributed by atoms with Crippen LogP contribution in [0.2, 0.25) is 0 Å². The molecule has 0 bridgehead atoms. The topological polar surface area (TPSA) is 87.4 Å². The van der Waals surface area contributed by atoms with Crippen LogP contribution in [-0.2, 0) is 14.3 Å². The third kappa shape index (κ3) is 5.13. The number of nitriles is 1. The maximum absolute atomic E-state index is 13.4. The number of hydrogen-bond acceptors (Lipinski definition) is 5. The van der Waals surface area contributed by atoms with Crippen molar-refractivity contribution in [3.8, 4) is 6.07 Å². The number of methoxy groups -OCH3 is 1. The van der Waals surface area contributed by atoms with Gasteiger partial charge in [-0.1, -0.05) is 68.4 Å². The Labute approximate surface area is 238 Å². The molecule has 0 aromatic rings. The van der Waals surface area contributed by atoms with Crippen molar-refractivity contribution in [2.24, 2.45) is 50.2 Å². The molecule has 0 radical (unpaired) electrons. The van der Waals surface area contributed by atoms with Gasteiger partial charge in [0.05, 0.1) is 24.2 Å². The minimum absolute atomic E-state index is 0.0552. The normalized spacial score (nSPS) is 38.7. The summed E-state index contributed by atoms with van der Waals surface area (Å²) in [5, 5.41) is 20.7. The Bertz CT molecular complexity index is 1050. The maximum atomic E-state index is 13.4. The monoisotopic (exact) mass is 541 g/mol. The van der Waals surface area contributed by atoms with Crippen molar-refractivity contribution in [1.82, 2.24) is 0 Å². The molecule has 7 atom stereocenters. The van der Waals surface area contributed by atoms with E-state index in [9.17, 15) is 20.0 Å². The number of hydrogen-bond donors (Lipinski definition) is 1. The van der Waals surface area contributed by atoms with Crippen molar-refractivity contribution in [3.63, 3.8) is 0 Å². The van der Waals surface area contributed by atoms with Crippen molar-refractivity contribution < 1.29 is 19.4 Å². The molecule has 1 N–H and O–H groups in total. The van der Waals surface area contributed by atoms with Gasteiger partial charge in [0.25, 0.3) is 0 Å². The van der Waals surface area contributed by atoms with Crippen LogP contribution in [0.5, 0.6) is 0 Å². The van der Waals surface area contributed by atoms with E-state index < -0.39 is 22.3 Å². The van der Waals surface area contributed by atoms with Gasteiger partial charge in [-0.05, 0) is 97.7 Å². The second-order valence-electron chi connectivity index (χ2n) is 16.0. The zero-order chi connectivity index (χ0) is 29.8. The van der Waals surface area contributed by atoms with Gasteiger partial charge in [-0.15, -0.1) is 0 Å². The van der Waals surface area contributed by atoms with Gasteiger partial charge in [0.15, 0.2) is 5.78 Å². The summed E-state index contributed by atoms with van der Waals surface area (Å²) in [5.74, 6) is 0.290. The second-order valence-corrected chi connectivity index (χ2v) is 16.0. The molecule has 0 aromatic heterocycles. The van der Waals surface area contributed by atoms with Gasteiger partial charge in [-0.3, -0.25) is 9.59 Å². The quantitative estimate of drug-likeness (QED) is 0.334. The number of aliphatic hydroxyl groups is 1. The van der Waals surface area contributed by atoms with Crippen molar-refractivity contribution in [1.29, 1.82) is 5.26 Å². The molecule has 1 unspecified atom stereocenters. The molecule has 0 heterocycles. The molecule has 5 nitrogen and oxygen atoms in total. The number of rotatable bonds is 7. The van der Waals surface area contributed by atoms with Crippen LogP contribution in [0, 0.1) is 61.6 Å². The van der Waals surface area contributed by atoms with Crippen LogP contribution in [0.4, 0.5) is 0 Å². The van der Waals surface area contributed by atoms with Gasteiger partial charge in [-0.2, -0.15) is 5.26 Å². The number of Topliss-reactive ketones (excluding diaryl/α,β-unsaturated/α-hetero) is 1. The van der Waals surface area contributed by atoms with E-state index >= 15 is 0 Å². The largest absolute Gasteiger partial charge is 0.469 e. The predicted octanol–water partition coefficient (Wildman–Crippen LogP) is 7.67. The van der Waals surface area contributed by atoms with Crippen molar-refractivity contribution in [2.45, 2.75) is 127 Å². The first-order valence-corrected chi connectivity index (χ1v) is 15.2. The third-order valence-corrected chi connectivity index (χ3v) is 12.5. The average Bonchev–Trinajstić information content (AvgIpc) is 2.82. The van der Waals surface area contributed by atoms with E-state index in [0.717, 1.165) is 44.9 Å². The Morgan fingerprint density at radius 3 is 2.31 bits per heavy atom. The molecule has 39 heavy (non-hydrogen) atoms. The van der Waals surface area contributed by atoms with Crippen molar-refractivity contribution >= 4 is 11.8 Å². The van der Waals surface area contributed by atoms with Gasteiger partial charge in [0.1, 0.15) is 6.07 Å². The average molecular weight is 542 g/mol. The Balaban J connectivity index is 2.04. The summed E-state index contributed by atoms with van der Waals surface area (Å²) in [6.45, 7) is 21.9. The van der Waals surface area contributed by atoms with E-state index in [2.05, 4.69) is 54.5 Å². The lowest BCUT2D eigenvalue weighted by molar-refractivity contribution is -0.167. The molecule has 0 amide bonds. The Morgan fingerprint density at radius 2 is 1.79 bits per heavy atom. The Kier molecular flexibility index (Phi) is 8.42. The summed E-state index contributed by atoms with van der Waals surface area (Å²) in [6.07, 6.45) is 8.44. The lowest BCUT2D eigenvalue weighted by Gasteiger charge is -2.64. The van der Waals surface area contributed by atoms with Gasteiger partial charge in [0, 0.05) is 5.41 Å². The number of ether oxygens (including phenoxy) is 1. The molecule has 2 fully saturated rings. The van der Waals surface area contributed by atoms with Gasteiger partial charge < -0.3 is 9.84 Å². The zero-order valence-electron chi connectivity index (χ0n) is 26.7. The van der Waals surface area contributed by atoms with E-state index in [1.165, 1.54) is 7.11 Å². The minimum atomic E-state index is -0.629. The van der Waals surface area contributed by atoms with Crippen LogP contribution in [0.25, 0.3) is 0 Å². The molecule has 3 aliphatic rings. The summed E-state index contributed by atoms with van der Waals surface area (Å²) in [4.78, 5) is 26.6. The van der Waals surface area contributed by atoms with Crippen LogP contribution < -0.4 is 0 Å². The summed E-state index contributed by atoms with van der Waals surface area (Å²) < 4.78 is 5.44. The molecule has 0 aromatic carbocycles. The summed E-state index contributed by atoms with van der Waals surface area (Å²) >= 11 is 0. The van der Waals surface area contributed by atoms with Crippen molar-refractivity contribution in [2.75, 3.05) is 7.11 Å². The summed E-state index contributed by atoms with van der Waals surface area (Å²) in [5.41, 5.74) is -1.34. The minimum Gasteiger partial charge on any atom is -0.469 e. The molecular formula is C34H55NO4. The second kappa shape index (κ2) is 10.3. The first-order valence-electron chi connectivity index (χ1n) is 15.2. The van der Waals surface area contributed by atoms with E-state index in [-0.39, 0.29) is 51.3 Å². The van der Waals surface area contributed by atoms with Crippen LogP contribution in [0.1, 0.15) is 121 Å². The number of allylic oxidation sites excluding steroid dienone is 2. The van der Waals surface area contributed by atoms with E-state index in [1.54, 1.807) is 0 Å². The number of ketones is 1. The molecule has 3 aliphatic carbocycles. The van der Waals surface area contributed by atoms with Gasteiger partial charge in [0.2, 0.25) is 0 Å². The number of aliphatic hydroxyl groups excluding tert-OH is 1. The Morgan fingerprint density at radius 1 is 1.18 bits per heavy atom. The van der Waals surface area contributed by atoms with Crippen LogP contribution in [0.15, 0.2) is 11.6 Å². The molecule has 0 saturated heterocycles. The fraction of sp³-hybridized carbons (Fsp3) is 0.853. The van der Waals surface area contributed by atoms with Crippen LogP contribution in [0.3, 0.4) is 0 Å². The summed E-state index contributed by atoms with van der Waals surface area (Å²) in [7, 11) is 1.52. The van der Waals surface area contributed by atoms with Gasteiger partial charge in [-0.25, -0.2) is 0 Å². The van der Waals surface area contributed by atoms with Crippen LogP contribution >= 0.6 is 0 Å². The number of carbonyl (C=O) groups is 2. The van der Waals surface area contributed by atoms with E-state index in [4.69, 9.17) is 4.74 Å². The number of esters is 1. The van der Waals surface area contributed by atoms with Crippen LogP contribution in [-0.4, -0.2) is 30.1 Å². The molecule has 2 saturated carbocycles. The third-order valence-electron chi connectivity index (χ3n) is 12.5. The lowest BCUT2D eigenvalue weighted by atomic mass is 9.39. The first kappa shape index (κ1) is 31.9. The van der Waals surface area contributed by atoms with E-state index in [1.807, 2.05) is 26.8 Å².